The molecule has 0 unspecified atom stereocenters. The Hall–Kier alpha value is -3.88. The highest BCUT2D eigenvalue weighted by atomic mass is 32.2. The largest absolute Gasteiger partial charge is 0.470 e. The minimum Gasteiger partial charge on any atom is -0.470 e. The number of carbonyl (C=O) groups excluding carboxylic acids is 1. The van der Waals surface area contributed by atoms with E-state index in [0.717, 1.165) is 12.3 Å². The maximum atomic E-state index is 14.6. The summed E-state index contributed by atoms with van der Waals surface area (Å²) in [6.07, 6.45) is 3.41. The summed E-state index contributed by atoms with van der Waals surface area (Å²) in [5.41, 5.74) is 0.514. The Morgan fingerprint density at radius 1 is 1.14 bits per heavy atom. The molecule has 0 amide bonds. The van der Waals surface area contributed by atoms with Crippen molar-refractivity contribution in [3.05, 3.63) is 71.3 Å². The molecule has 1 aromatic heterocycles. The average molecular weight is 525 g/mol. The zero-order valence-corrected chi connectivity index (χ0v) is 21.1. The van der Waals surface area contributed by atoms with Gasteiger partial charge in [0.05, 0.1) is 28.5 Å². The van der Waals surface area contributed by atoms with Crippen molar-refractivity contribution in [1.29, 1.82) is 5.26 Å². The molecule has 4 rings (SSSR count). The molecule has 1 aliphatic heterocycles. The first-order valence-electron chi connectivity index (χ1n) is 11.5. The highest BCUT2D eigenvalue weighted by molar-refractivity contribution is 7.90. The van der Waals surface area contributed by atoms with Gasteiger partial charge in [0.2, 0.25) is 11.8 Å². The Morgan fingerprint density at radius 3 is 2.43 bits per heavy atom. The second-order valence-electron chi connectivity index (χ2n) is 8.90. The second-order valence-corrected chi connectivity index (χ2v) is 10.9. The summed E-state index contributed by atoms with van der Waals surface area (Å²) in [7, 11) is -3.57. The smallest absolute Gasteiger partial charge is 0.229 e. The van der Waals surface area contributed by atoms with E-state index in [2.05, 4.69) is 15.3 Å². The number of ketones is 1. The number of rotatable bonds is 8. The van der Waals surface area contributed by atoms with Crippen molar-refractivity contribution in [3.8, 4) is 23.6 Å². The van der Waals surface area contributed by atoms with Crippen LogP contribution in [-0.4, -0.2) is 49.1 Å². The van der Waals surface area contributed by atoms with Crippen molar-refractivity contribution in [3.63, 3.8) is 0 Å². The number of Topliss-reactive ketones (excluding diaryl/α,β-unsaturated/α-hetero) is 1. The zero-order valence-electron chi connectivity index (χ0n) is 20.3. The minimum atomic E-state index is -3.57. The van der Waals surface area contributed by atoms with Gasteiger partial charge in [-0.15, -0.1) is 0 Å². The fourth-order valence-corrected chi connectivity index (χ4v) is 4.68. The normalized spacial score (nSPS) is 15.0. The summed E-state index contributed by atoms with van der Waals surface area (Å²) in [5.74, 6) is -0.937. The molecule has 1 aliphatic rings. The van der Waals surface area contributed by atoms with E-state index in [0.29, 0.717) is 42.6 Å². The monoisotopic (exact) mass is 524 g/mol. The number of aromatic nitrogens is 2. The minimum absolute atomic E-state index is 0.0403. The summed E-state index contributed by atoms with van der Waals surface area (Å²) in [6, 6.07) is 11.8. The number of nitrogens with zero attached hydrogens (tertiary/aromatic N) is 3. The first kappa shape index (κ1) is 26.2. The lowest BCUT2D eigenvalue weighted by molar-refractivity contribution is 0.0238. The number of nitrogens with one attached hydrogen (secondary N) is 1. The number of halogens is 1. The molecular weight excluding hydrogens is 499 g/mol. The quantitative estimate of drug-likeness (QED) is 0.438. The molecule has 37 heavy (non-hydrogen) atoms. The molecule has 0 spiro atoms. The molecule has 1 fully saturated rings. The van der Waals surface area contributed by atoms with Crippen LogP contribution in [0.15, 0.2) is 53.7 Å². The zero-order chi connectivity index (χ0) is 26.6. The highest BCUT2D eigenvalue weighted by Crippen LogP contribution is 2.35. The van der Waals surface area contributed by atoms with E-state index in [1.807, 2.05) is 6.07 Å². The van der Waals surface area contributed by atoms with Crippen LogP contribution in [0.25, 0.3) is 0 Å². The van der Waals surface area contributed by atoms with Crippen molar-refractivity contribution in [2.24, 2.45) is 0 Å². The topological polar surface area (TPSA) is 131 Å². The van der Waals surface area contributed by atoms with E-state index in [1.165, 1.54) is 18.5 Å². The van der Waals surface area contributed by atoms with Gasteiger partial charge < -0.3 is 14.8 Å². The number of benzene rings is 2. The van der Waals surface area contributed by atoms with Gasteiger partial charge in [-0.3, -0.25) is 4.79 Å². The molecule has 2 aromatic carbocycles. The SMILES string of the molecule is Cc1c(Oc2ccc(S(C)(=O)=O)cc2F)ncnc1OC1(CC(=O)c2ccc(C#N)cc2)CCNCC1. The van der Waals surface area contributed by atoms with E-state index < -0.39 is 21.3 Å². The number of nitriles is 1. The first-order valence-corrected chi connectivity index (χ1v) is 13.4. The predicted octanol–water partition coefficient (Wildman–Crippen LogP) is 3.77. The van der Waals surface area contributed by atoms with Gasteiger partial charge in [-0.1, -0.05) is 12.1 Å². The van der Waals surface area contributed by atoms with Gasteiger partial charge in [0, 0.05) is 24.7 Å². The molecule has 192 valence electrons. The lowest BCUT2D eigenvalue weighted by Gasteiger charge is -2.37. The number of carbonyl (C=O) groups is 1. The van der Waals surface area contributed by atoms with Crippen molar-refractivity contribution in [2.75, 3.05) is 19.3 Å². The van der Waals surface area contributed by atoms with E-state index in [4.69, 9.17) is 14.7 Å². The Balaban J connectivity index is 1.58. The highest BCUT2D eigenvalue weighted by Gasteiger charge is 2.38. The number of ether oxygens (including phenoxy) is 2. The molecule has 2 heterocycles. The predicted molar refractivity (Wildman–Crippen MR) is 132 cm³/mol. The van der Waals surface area contributed by atoms with Crippen molar-refractivity contribution in [1.82, 2.24) is 15.3 Å². The fourth-order valence-electron chi connectivity index (χ4n) is 4.05. The van der Waals surface area contributed by atoms with Gasteiger partial charge in [-0.2, -0.15) is 5.26 Å². The van der Waals surface area contributed by atoms with Gasteiger partial charge in [-0.25, -0.2) is 22.8 Å². The van der Waals surface area contributed by atoms with Gasteiger partial charge in [0.25, 0.3) is 0 Å². The molecule has 1 saturated heterocycles. The molecule has 0 saturated carbocycles. The van der Waals surface area contributed by atoms with E-state index in [9.17, 15) is 17.6 Å². The van der Waals surface area contributed by atoms with Gasteiger partial charge >= 0.3 is 0 Å². The van der Waals surface area contributed by atoms with E-state index >= 15 is 0 Å². The lowest BCUT2D eigenvalue weighted by Crippen LogP contribution is -2.48. The first-order chi connectivity index (χ1) is 17.6. The maximum Gasteiger partial charge on any atom is 0.229 e. The molecule has 9 nitrogen and oxygen atoms in total. The number of sulfone groups is 1. The summed E-state index contributed by atoms with van der Waals surface area (Å²) in [4.78, 5) is 21.3. The van der Waals surface area contributed by atoms with E-state index in [1.54, 1.807) is 31.2 Å². The lowest BCUT2D eigenvalue weighted by atomic mass is 9.85. The molecule has 0 radical (unpaired) electrons. The summed E-state index contributed by atoms with van der Waals surface area (Å²) in [6.45, 7) is 2.95. The number of piperidine rings is 1. The van der Waals surface area contributed by atoms with Crippen LogP contribution in [0.2, 0.25) is 0 Å². The van der Waals surface area contributed by atoms with E-state index in [-0.39, 0.29) is 34.6 Å². The van der Waals surface area contributed by atoms with Gasteiger partial charge in [0.15, 0.2) is 27.2 Å². The second kappa shape index (κ2) is 10.6. The molecule has 11 heteroatoms. The van der Waals surface area contributed by atoms with Crippen LogP contribution in [-0.2, 0) is 9.84 Å². The third-order valence-electron chi connectivity index (χ3n) is 6.18. The Bertz CT molecular complexity index is 1460. The van der Waals surface area contributed by atoms with Crippen molar-refractivity contribution >= 4 is 15.6 Å². The van der Waals surface area contributed by atoms with Crippen LogP contribution in [0.4, 0.5) is 4.39 Å². The van der Waals surface area contributed by atoms with Crippen LogP contribution >= 0.6 is 0 Å². The van der Waals surface area contributed by atoms with Crippen LogP contribution in [0, 0.1) is 24.1 Å². The molecule has 0 aliphatic carbocycles. The molecule has 0 atom stereocenters. The maximum absolute atomic E-state index is 14.6. The van der Waals surface area contributed by atoms with Crippen molar-refractivity contribution < 1.29 is 27.1 Å². The molecule has 3 aromatic rings. The van der Waals surface area contributed by atoms with Crippen LogP contribution in [0.5, 0.6) is 17.5 Å². The van der Waals surface area contributed by atoms with Gasteiger partial charge in [0.1, 0.15) is 11.9 Å². The number of hydrogen-bond acceptors (Lipinski definition) is 9. The Morgan fingerprint density at radius 2 is 1.81 bits per heavy atom. The molecule has 0 bridgehead atoms. The average Bonchev–Trinajstić information content (AvgIpc) is 2.87. The van der Waals surface area contributed by atoms with Crippen LogP contribution < -0.4 is 14.8 Å². The number of hydrogen-bond donors (Lipinski definition) is 1. The van der Waals surface area contributed by atoms with Crippen LogP contribution in [0.1, 0.15) is 40.7 Å². The third-order valence-corrected chi connectivity index (χ3v) is 7.29. The third kappa shape index (κ3) is 6.10. The fraction of sp³-hybridized carbons (Fsp3) is 0.308. The molecular formula is C26H25FN4O5S. The summed E-state index contributed by atoms with van der Waals surface area (Å²) < 4.78 is 49.9. The molecule has 1 N–H and O–H groups in total. The standard InChI is InChI=1S/C26H25FN4O5S/c1-17-24(35-23-8-7-20(13-21(23)27)37(2,33)34)30-16-31-25(17)36-26(9-11-29-12-10-26)14-22(32)19-5-3-18(15-28)4-6-19/h3-8,13,16,29H,9-12,14H2,1-2H3. The van der Waals surface area contributed by atoms with Crippen molar-refractivity contribution in [2.45, 2.75) is 36.7 Å². The summed E-state index contributed by atoms with van der Waals surface area (Å²) >= 11 is 0. The van der Waals surface area contributed by atoms with Gasteiger partial charge in [-0.05, 0) is 50.3 Å². The summed E-state index contributed by atoms with van der Waals surface area (Å²) in [5, 5.41) is 12.3. The Kier molecular flexibility index (Phi) is 7.52. The van der Waals surface area contributed by atoms with Crippen LogP contribution in [0.3, 0.4) is 0 Å². The Labute approximate surface area is 214 Å².